The van der Waals surface area contributed by atoms with Crippen LogP contribution in [0.4, 0.5) is 0 Å². The largest absolute Gasteiger partial charge is 0.389 e. The third kappa shape index (κ3) is 4.48. The van der Waals surface area contributed by atoms with Gasteiger partial charge in [-0.05, 0) is 31.0 Å². The number of ether oxygens (including phenoxy) is 1. The molecule has 0 aromatic heterocycles. The van der Waals surface area contributed by atoms with Crippen LogP contribution < -0.4 is 11.1 Å². The first kappa shape index (κ1) is 20.6. The van der Waals surface area contributed by atoms with E-state index in [0.29, 0.717) is 50.1 Å². The van der Waals surface area contributed by atoms with Crippen LogP contribution in [0, 0.1) is 5.41 Å². The number of piperazine rings is 1. The number of likely N-dealkylation sites (N-methyl/N-ethyl adjacent to an activating group) is 1. The normalized spacial score (nSPS) is 21.1. The number of benzene rings is 1. The minimum Gasteiger partial charge on any atom is -0.389 e. The second kappa shape index (κ2) is 8.94. The van der Waals surface area contributed by atoms with E-state index in [9.17, 15) is 4.79 Å². The summed E-state index contributed by atoms with van der Waals surface area (Å²) in [6.07, 6.45) is 0.390. The predicted octanol–water partition coefficient (Wildman–Crippen LogP) is 1.22. The van der Waals surface area contributed by atoms with Gasteiger partial charge in [0.1, 0.15) is 5.84 Å². The van der Waals surface area contributed by atoms with Gasteiger partial charge in [0.15, 0.2) is 0 Å². The maximum Gasteiger partial charge on any atom is 0.239 e. The SMILES string of the molecule is CNC1=C(C(=N)N2CCN(C(=O)[C@H](N)Cc3ccc(Cl)cc3)CC2)C(C)OC1. The van der Waals surface area contributed by atoms with Gasteiger partial charge in [0, 0.05) is 49.5 Å². The van der Waals surface area contributed by atoms with Crippen LogP contribution in [-0.4, -0.2) is 73.5 Å². The number of halogens is 1. The van der Waals surface area contributed by atoms with Crippen LogP contribution in [0.15, 0.2) is 35.5 Å². The van der Waals surface area contributed by atoms with Crippen molar-refractivity contribution in [3.63, 3.8) is 0 Å². The maximum atomic E-state index is 12.7. The van der Waals surface area contributed by atoms with Gasteiger partial charge in [-0.2, -0.15) is 0 Å². The molecule has 1 aromatic rings. The van der Waals surface area contributed by atoms with Gasteiger partial charge >= 0.3 is 0 Å². The summed E-state index contributed by atoms with van der Waals surface area (Å²) in [6.45, 7) is 4.83. The molecule has 0 bridgehead atoms. The molecule has 2 aliphatic rings. The number of hydrogen-bond donors (Lipinski definition) is 3. The molecule has 1 amide bonds. The summed E-state index contributed by atoms with van der Waals surface area (Å²) in [5.74, 6) is 0.431. The molecule has 0 spiro atoms. The lowest BCUT2D eigenvalue weighted by Crippen LogP contribution is -2.55. The fourth-order valence-corrected chi connectivity index (χ4v) is 3.80. The van der Waals surface area contributed by atoms with Crippen LogP contribution in [-0.2, 0) is 16.0 Å². The summed E-state index contributed by atoms with van der Waals surface area (Å²) in [5.41, 5.74) is 9.01. The molecule has 1 fully saturated rings. The van der Waals surface area contributed by atoms with Crippen molar-refractivity contribution in [1.29, 1.82) is 5.41 Å². The summed E-state index contributed by atoms with van der Waals surface area (Å²) in [5, 5.41) is 12.4. The Morgan fingerprint density at radius 2 is 1.89 bits per heavy atom. The van der Waals surface area contributed by atoms with Crippen molar-refractivity contribution >= 4 is 23.3 Å². The molecule has 8 heteroatoms. The molecule has 7 nitrogen and oxygen atoms in total. The number of nitrogens with zero attached hydrogens (tertiary/aromatic N) is 2. The molecule has 3 rings (SSSR count). The molecule has 152 valence electrons. The van der Waals surface area contributed by atoms with Crippen molar-refractivity contribution < 1.29 is 9.53 Å². The molecular formula is C20H28ClN5O2. The summed E-state index contributed by atoms with van der Waals surface area (Å²) in [6, 6.07) is 6.83. The highest BCUT2D eigenvalue weighted by molar-refractivity contribution is 6.30. The van der Waals surface area contributed by atoms with Crippen LogP contribution >= 0.6 is 11.6 Å². The van der Waals surface area contributed by atoms with Crippen LogP contribution in [0.25, 0.3) is 0 Å². The van der Waals surface area contributed by atoms with Gasteiger partial charge in [0.05, 0.1) is 18.8 Å². The molecule has 0 saturated carbocycles. The smallest absolute Gasteiger partial charge is 0.239 e. The average molecular weight is 406 g/mol. The van der Waals surface area contributed by atoms with Gasteiger partial charge in [-0.15, -0.1) is 0 Å². The van der Waals surface area contributed by atoms with Gasteiger partial charge in [-0.1, -0.05) is 23.7 Å². The Bertz CT molecular complexity index is 756. The minimum absolute atomic E-state index is 0.0474. The van der Waals surface area contributed by atoms with Crippen molar-refractivity contribution in [2.24, 2.45) is 5.73 Å². The quantitative estimate of drug-likeness (QED) is 0.506. The van der Waals surface area contributed by atoms with Gasteiger partial charge in [-0.25, -0.2) is 0 Å². The molecule has 2 atom stereocenters. The lowest BCUT2D eigenvalue weighted by atomic mass is 10.0. The number of carbonyl (C=O) groups excluding carboxylic acids is 1. The first-order valence-corrected chi connectivity index (χ1v) is 9.93. The van der Waals surface area contributed by atoms with E-state index in [4.69, 9.17) is 27.5 Å². The third-order valence-corrected chi connectivity index (χ3v) is 5.61. The molecule has 28 heavy (non-hydrogen) atoms. The molecule has 0 aliphatic carbocycles. The number of nitrogens with two attached hydrogens (primary N) is 1. The number of amides is 1. The molecule has 0 radical (unpaired) electrons. The Balaban J connectivity index is 1.55. The number of amidine groups is 1. The standard InChI is InChI=1S/C20H28ClN5O2/c1-13-18(17(24-2)12-28-13)19(23)25-7-9-26(10-8-25)20(27)16(22)11-14-3-5-15(21)6-4-14/h3-6,13,16,23-24H,7-12,22H2,1-2H3/t13?,16-/m1/s1. The summed E-state index contributed by atoms with van der Waals surface area (Å²) < 4.78 is 5.64. The number of rotatable bonds is 5. The van der Waals surface area contributed by atoms with Crippen LogP contribution in [0.1, 0.15) is 12.5 Å². The van der Waals surface area contributed by atoms with Gasteiger partial charge < -0.3 is 25.6 Å². The van der Waals surface area contributed by atoms with Crippen LogP contribution in [0.3, 0.4) is 0 Å². The fourth-order valence-electron chi connectivity index (χ4n) is 3.67. The van der Waals surface area contributed by atoms with Gasteiger partial charge in [-0.3, -0.25) is 10.2 Å². The Kier molecular flexibility index (Phi) is 6.59. The predicted molar refractivity (Wildman–Crippen MR) is 111 cm³/mol. The Morgan fingerprint density at radius 3 is 2.50 bits per heavy atom. The topological polar surface area (TPSA) is 94.7 Å². The summed E-state index contributed by atoms with van der Waals surface area (Å²) in [4.78, 5) is 16.5. The van der Waals surface area contributed by atoms with Crippen LogP contribution in [0.2, 0.25) is 5.02 Å². The maximum absolute atomic E-state index is 12.7. The van der Waals surface area contributed by atoms with Crippen LogP contribution in [0.5, 0.6) is 0 Å². The first-order valence-electron chi connectivity index (χ1n) is 9.55. The highest BCUT2D eigenvalue weighted by Crippen LogP contribution is 2.22. The van der Waals surface area contributed by atoms with E-state index in [2.05, 4.69) is 5.32 Å². The number of hydrogen-bond acceptors (Lipinski definition) is 5. The second-order valence-electron chi connectivity index (χ2n) is 7.19. The lowest BCUT2D eigenvalue weighted by Gasteiger charge is -2.37. The Hall–Kier alpha value is -2.09. The number of carbonyl (C=O) groups is 1. The van der Waals surface area contributed by atoms with E-state index in [0.717, 1.165) is 16.8 Å². The highest BCUT2D eigenvalue weighted by atomic mass is 35.5. The van der Waals surface area contributed by atoms with Crippen molar-refractivity contribution in [2.45, 2.75) is 25.5 Å². The summed E-state index contributed by atoms with van der Waals surface area (Å²) in [7, 11) is 1.85. The highest BCUT2D eigenvalue weighted by Gasteiger charge is 2.31. The fraction of sp³-hybridized carbons (Fsp3) is 0.500. The second-order valence-corrected chi connectivity index (χ2v) is 7.63. The lowest BCUT2D eigenvalue weighted by molar-refractivity contribution is -0.133. The zero-order chi connectivity index (χ0) is 20.3. The minimum atomic E-state index is -0.575. The number of nitrogens with one attached hydrogen (secondary N) is 2. The zero-order valence-corrected chi connectivity index (χ0v) is 17.1. The van der Waals surface area contributed by atoms with E-state index in [1.807, 2.05) is 31.0 Å². The molecule has 2 aliphatic heterocycles. The Labute approximate surface area is 171 Å². The first-order chi connectivity index (χ1) is 13.4. The molecular weight excluding hydrogens is 378 g/mol. The van der Waals surface area contributed by atoms with E-state index < -0.39 is 6.04 Å². The molecule has 1 aromatic carbocycles. The van der Waals surface area contributed by atoms with Gasteiger partial charge in [0.25, 0.3) is 0 Å². The van der Waals surface area contributed by atoms with Crippen molar-refractivity contribution in [2.75, 3.05) is 39.8 Å². The molecule has 1 unspecified atom stereocenters. The zero-order valence-electron chi connectivity index (χ0n) is 16.4. The van der Waals surface area contributed by atoms with E-state index in [1.54, 1.807) is 17.0 Å². The Morgan fingerprint density at radius 1 is 1.29 bits per heavy atom. The molecule has 1 saturated heterocycles. The molecule has 2 heterocycles. The van der Waals surface area contributed by atoms with Gasteiger partial charge in [0.2, 0.25) is 5.91 Å². The van der Waals surface area contributed by atoms with E-state index >= 15 is 0 Å². The third-order valence-electron chi connectivity index (χ3n) is 5.36. The summed E-state index contributed by atoms with van der Waals surface area (Å²) >= 11 is 5.90. The molecule has 4 N–H and O–H groups in total. The van der Waals surface area contributed by atoms with Crippen molar-refractivity contribution in [1.82, 2.24) is 15.1 Å². The van der Waals surface area contributed by atoms with E-state index in [1.165, 1.54) is 0 Å². The van der Waals surface area contributed by atoms with E-state index in [-0.39, 0.29) is 12.0 Å². The monoisotopic (exact) mass is 405 g/mol. The van der Waals surface area contributed by atoms with Crippen molar-refractivity contribution in [3.8, 4) is 0 Å². The average Bonchev–Trinajstić information content (AvgIpc) is 3.09. The van der Waals surface area contributed by atoms with Crippen molar-refractivity contribution in [3.05, 3.63) is 46.1 Å².